The first-order chi connectivity index (χ1) is 8.75. The van der Waals surface area contributed by atoms with Gasteiger partial charge in [0.1, 0.15) is 0 Å². The smallest absolute Gasteiger partial charge is 0.323 e. The number of urea groups is 1. The molecule has 18 heavy (non-hydrogen) atoms. The Kier molecular flexibility index (Phi) is 2.96. The van der Waals surface area contributed by atoms with E-state index in [0.717, 1.165) is 25.2 Å². The molecule has 0 spiro atoms. The summed E-state index contributed by atoms with van der Waals surface area (Å²) < 4.78 is 0. The van der Waals surface area contributed by atoms with E-state index in [1.54, 1.807) is 4.90 Å². The van der Waals surface area contributed by atoms with Crippen LogP contribution < -0.4 is 10.2 Å². The summed E-state index contributed by atoms with van der Waals surface area (Å²) in [6, 6.07) is 8.75. The van der Waals surface area contributed by atoms with Gasteiger partial charge in [-0.1, -0.05) is 18.2 Å². The highest BCUT2D eigenvalue weighted by molar-refractivity contribution is 5.94. The van der Waals surface area contributed by atoms with Gasteiger partial charge in [-0.3, -0.25) is 4.90 Å². The second kappa shape index (κ2) is 4.61. The van der Waals surface area contributed by atoms with Crippen molar-refractivity contribution in [2.45, 2.75) is 25.4 Å². The molecule has 0 unspecified atom stereocenters. The van der Waals surface area contributed by atoms with Crippen molar-refractivity contribution in [2.75, 3.05) is 25.0 Å². The van der Waals surface area contributed by atoms with Crippen LogP contribution in [0.3, 0.4) is 0 Å². The van der Waals surface area contributed by atoms with Crippen LogP contribution in [0.2, 0.25) is 0 Å². The molecule has 1 aromatic carbocycles. The number of rotatable bonds is 2. The summed E-state index contributed by atoms with van der Waals surface area (Å²) in [6.45, 7) is 2.56. The lowest BCUT2D eigenvalue weighted by molar-refractivity contribution is 0.209. The van der Waals surface area contributed by atoms with E-state index in [2.05, 4.69) is 17.4 Å². The van der Waals surface area contributed by atoms with E-state index >= 15 is 0 Å². The molecule has 0 aliphatic carbocycles. The zero-order valence-corrected chi connectivity index (χ0v) is 10.7. The fourth-order valence-electron chi connectivity index (χ4n) is 2.85. The Bertz CT molecular complexity index is 454. The number of para-hydroxylation sites is 1. The minimum Gasteiger partial charge on any atom is -0.323 e. The van der Waals surface area contributed by atoms with E-state index in [-0.39, 0.29) is 6.03 Å². The van der Waals surface area contributed by atoms with E-state index in [1.165, 1.54) is 12.0 Å². The normalized spacial score (nSPS) is 23.4. The van der Waals surface area contributed by atoms with Crippen LogP contribution in [0.15, 0.2) is 24.3 Å². The summed E-state index contributed by atoms with van der Waals surface area (Å²) in [5, 5.41) is 3.46. The Balaban J connectivity index is 1.88. The van der Waals surface area contributed by atoms with Crippen LogP contribution in [0.25, 0.3) is 0 Å². The number of hydrogen-bond acceptors (Lipinski definition) is 2. The lowest BCUT2D eigenvalue weighted by Crippen LogP contribution is -2.49. The van der Waals surface area contributed by atoms with Gasteiger partial charge in [-0.25, -0.2) is 4.79 Å². The fourth-order valence-corrected chi connectivity index (χ4v) is 2.85. The van der Waals surface area contributed by atoms with Crippen molar-refractivity contribution >= 4 is 11.7 Å². The van der Waals surface area contributed by atoms with Crippen LogP contribution in [-0.2, 0) is 6.54 Å². The molecule has 1 N–H and O–H groups in total. The lowest BCUT2D eigenvalue weighted by atomic mass is 10.1. The first kappa shape index (κ1) is 11.5. The third kappa shape index (κ3) is 1.97. The monoisotopic (exact) mass is 245 g/mol. The minimum atomic E-state index is 0.113. The maximum atomic E-state index is 12.3. The number of anilines is 1. The molecule has 1 fully saturated rings. The van der Waals surface area contributed by atoms with Gasteiger partial charge in [0.05, 0.1) is 5.69 Å². The van der Waals surface area contributed by atoms with Crippen molar-refractivity contribution in [2.24, 2.45) is 0 Å². The molecular formula is C14H19N3O. The van der Waals surface area contributed by atoms with Crippen molar-refractivity contribution in [3.63, 3.8) is 0 Å². The second-order valence-electron chi connectivity index (χ2n) is 5.17. The quantitative estimate of drug-likeness (QED) is 0.862. The van der Waals surface area contributed by atoms with E-state index in [0.29, 0.717) is 12.6 Å². The van der Waals surface area contributed by atoms with Crippen LogP contribution in [0.1, 0.15) is 18.4 Å². The topological polar surface area (TPSA) is 35.6 Å². The van der Waals surface area contributed by atoms with Crippen LogP contribution in [0.5, 0.6) is 0 Å². The number of fused-ring (bicyclic) bond motifs is 1. The van der Waals surface area contributed by atoms with Gasteiger partial charge in [-0.05, 0) is 31.0 Å². The molecule has 1 saturated heterocycles. The molecule has 2 aliphatic rings. The summed E-state index contributed by atoms with van der Waals surface area (Å²) in [7, 11) is 1.87. The van der Waals surface area contributed by atoms with Gasteiger partial charge >= 0.3 is 6.03 Å². The number of benzene rings is 1. The summed E-state index contributed by atoms with van der Waals surface area (Å²) >= 11 is 0. The molecule has 0 aromatic heterocycles. The van der Waals surface area contributed by atoms with Gasteiger partial charge in [-0.2, -0.15) is 0 Å². The maximum absolute atomic E-state index is 12.3. The van der Waals surface area contributed by atoms with Gasteiger partial charge in [0.2, 0.25) is 0 Å². The standard InChI is InChI=1S/C14H19N3O/c1-16-9-11-5-2-3-7-13(11)17(14(16)18)10-12-6-4-8-15-12/h2-3,5,7,12,15H,4,6,8-10H2,1H3/t12-/m0/s1. The van der Waals surface area contributed by atoms with E-state index in [4.69, 9.17) is 0 Å². The molecule has 4 heteroatoms. The predicted molar refractivity (Wildman–Crippen MR) is 71.7 cm³/mol. The third-order valence-electron chi connectivity index (χ3n) is 3.81. The molecule has 3 rings (SSSR count). The summed E-state index contributed by atoms with van der Waals surface area (Å²) in [5.41, 5.74) is 2.31. The zero-order valence-electron chi connectivity index (χ0n) is 10.7. The van der Waals surface area contributed by atoms with Gasteiger partial charge in [0, 0.05) is 26.2 Å². The van der Waals surface area contributed by atoms with E-state index in [9.17, 15) is 4.79 Å². The Hall–Kier alpha value is -1.55. The minimum absolute atomic E-state index is 0.113. The number of carbonyl (C=O) groups is 1. The number of hydrogen-bond donors (Lipinski definition) is 1. The van der Waals surface area contributed by atoms with E-state index in [1.807, 2.05) is 24.1 Å². The summed E-state index contributed by atoms with van der Waals surface area (Å²) in [6.07, 6.45) is 2.37. The number of carbonyl (C=O) groups excluding carboxylic acids is 1. The Morgan fingerprint density at radius 1 is 1.39 bits per heavy atom. The summed E-state index contributed by atoms with van der Waals surface area (Å²) in [5.74, 6) is 0. The molecule has 2 aliphatic heterocycles. The zero-order chi connectivity index (χ0) is 12.5. The molecule has 2 amide bonds. The Morgan fingerprint density at radius 2 is 2.22 bits per heavy atom. The molecule has 0 radical (unpaired) electrons. The highest BCUT2D eigenvalue weighted by atomic mass is 16.2. The number of nitrogens with one attached hydrogen (secondary N) is 1. The molecule has 1 aromatic rings. The molecular weight excluding hydrogens is 226 g/mol. The molecule has 96 valence electrons. The van der Waals surface area contributed by atoms with Gasteiger partial charge < -0.3 is 10.2 Å². The van der Waals surface area contributed by atoms with Gasteiger partial charge in [0.25, 0.3) is 0 Å². The van der Waals surface area contributed by atoms with Crippen molar-refractivity contribution < 1.29 is 4.79 Å². The maximum Gasteiger partial charge on any atom is 0.324 e. The third-order valence-corrected chi connectivity index (χ3v) is 3.81. The van der Waals surface area contributed by atoms with Gasteiger partial charge in [0.15, 0.2) is 0 Å². The first-order valence-corrected chi connectivity index (χ1v) is 6.59. The van der Waals surface area contributed by atoms with Gasteiger partial charge in [-0.15, -0.1) is 0 Å². The first-order valence-electron chi connectivity index (χ1n) is 6.59. The molecule has 0 bridgehead atoms. The number of amides is 2. The second-order valence-corrected chi connectivity index (χ2v) is 5.17. The van der Waals surface area contributed by atoms with Crippen molar-refractivity contribution in [1.29, 1.82) is 0 Å². The van der Waals surface area contributed by atoms with Crippen molar-refractivity contribution in [3.05, 3.63) is 29.8 Å². The highest BCUT2D eigenvalue weighted by Gasteiger charge is 2.30. The van der Waals surface area contributed by atoms with Crippen LogP contribution in [0, 0.1) is 0 Å². The fraction of sp³-hybridized carbons (Fsp3) is 0.500. The average Bonchev–Trinajstić information content (AvgIpc) is 2.88. The highest BCUT2D eigenvalue weighted by Crippen LogP contribution is 2.28. The van der Waals surface area contributed by atoms with Crippen molar-refractivity contribution in [1.82, 2.24) is 10.2 Å². The molecule has 0 saturated carbocycles. The Labute approximate surface area is 108 Å². The van der Waals surface area contributed by atoms with Crippen molar-refractivity contribution in [3.8, 4) is 0 Å². The van der Waals surface area contributed by atoms with Crippen LogP contribution >= 0.6 is 0 Å². The van der Waals surface area contributed by atoms with Crippen LogP contribution in [-0.4, -0.2) is 37.1 Å². The summed E-state index contributed by atoms with van der Waals surface area (Å²) in [4.78, 5) is 16.0. The lowest BCUT2D eigenvalue weighted by Gasteiger charge is -2.36. The van der Waals surface area contributed by atoms with Crippen LogP contribution in [0.4, 0.5) is 10.5 Å². The average molecular weight is 245 g/mol. The molecule has 1 atom stereocenters. The Morgan fingerprint density at radius 3 is 3.00 bits per heavy atom. The van der Waals surface area contributed by atoms with E-state index < -0.39 is 0 Å². The molecule has 4 nitrogen and oxygen atoms in total. The molecule has 2 heterocycles. The predicted octanol–water partition coefficient (Wildman–Crippen LogP) is 1.81. The number of nitrogens with zero attached hydrogens (tertiary/aromatic N) is 2. The SMILES string of the molecule is CN1Cc2ccccc2N(C[C@@H]2CCCN2)C1=O. The largest absolute Gasteiger partial charge is 0.324 e.